The Kier molecular flexibility index (Phi) is 8.13. The van der Waals surface area contributed by atoms with Crippen LogP contribution in [0.15, 0.2) is 11.1 Å². The minimum atomic E-state index is -4.02. The molecule has 1 unspecified atom stereocenters. The molecule has 1 N–H and O–H groups in total. The third kappa shape index (κ3) is 5.71. The van der Waals surface area contributed by atoms with Gasteiger partial charge in [0.05, 0.1) is 20.0 Å². The van der Waals surface area contributed by atoms with Crippen molar-refractivity contribution < 1.29 is 46.3 Å². The van der Waals surface area contributed by atoms with Crippen molar-refractivity contribution in [1.82, 2.24) is 0 Å². The Morgan fingerprint density at radius 1 is 1.31 bits per heavy atom. The molecule has 0 bridgehead atoms. The van der Waals surface area contributed by atoms with Gasteiger partial charge in [-0.05, 0) is 25.8 Å². The summed E-state index contributed by atoms with van der Waals surface area (Å²) in [5.41, 5.74) is 1.18. The number of benzene rings is 1. The molecule has 1 aliphatic rings. The number of hydrogen-bond acceptors (Lipinski definition) is 9. The maximum Gasteiger partial charge on any atom is 0.342 e. The molecule has 10 nitrogen and oxygen atoms in total. The summed E-state index contributed by atoms with van der Waals surface area (Å²) in [6, 6.07) is 0. The molecule has 0 aromatic heterocycles. The van der Waals surface area contributed by atoms with Crippen molar-refractivity contribution in [3.63, 3.8) is 0 Å². The summed E-state index contributed by atoms with van der Waals surface area (Å²) in [4.78, 5) is 35.5. The van der Waals surface area contributed by atoms with Crippen LogP contribution in [0.2, 0.25) is 0 Å². The van der Waals surface area contributed by atoms with Crippen LogP contribution in [0.4, 0.5) is 0 Å². The predicted octanol–water partition coefficient (Wildman–Crippen LogP) is 2.33. The van der Waals surface area contributed by atoms with E-state index < -0.39 is 33.9 Å². The Hall–Kier alpha value is -2.79. The highest BCUT2D eigenvalue weighted by Gasteiger charge is 2.35. The van der Waals surface area contributed by atoms with Crippen molar-refractivity contribution in [3.05, 3.63) is 33.4 Å². The first-order valence-corrected chi connectivity index (χ1v) is 11.6. The summed E-state index contributed by atoms with van der Waals surface area (Å²) >= 11 is 6.18. The van der Waals surface area contributed by atoms with Crippen LogP contribution in [0.5, 0.6) is 11.5 Å². The van der Waals surface area contributed by atoms with Crippen molar-refractivity contribution >= 4 is 39.6 Å². The van der Waals surface area contributed by atoms with Crippen molar-refractivity contribution in [3.8, 4) is 11.5 Å². The number of halogens is 1. The smallest absolute Gasteiger partial charge is 0.342 e. The summed E-state index contributed by atoms with van der Waals surface area (Å²) in [6.07, 6.45) is 1.79. The number of carbonyl (C=O) groups is 3. The molecule has 1 atom stereocenters. The maximum absolute atomic E-state index is 12.3. The number of esters is 2. The number of allylic oxidation sites excluding steroid dienone is 2. The second-order valence-electron chi connectivity index (χ2n) is 6.89. The van der Waals surface area contributed by atoms with Crippen LogP contribution in [0, 0.1) is 12.8 Å². The minimum Gasteiger partial charge on any atom is -0.496 e. The summed E-state index contributed by atoms with van der Waals surface area (Å²) in [7, 11) is -2.66. The molecule has 1 aromatic rings. The van der Waals surface area contributed by atoms with Crippen LogP contribution in [0.25, 0.3) is 0 Å². The van der Waals surface area contributed by atoms with Gasteiger partial charge < -0.3 is 23.5 Å². The molecule has 0 fully saturated rings. The Labute approximate surface area is 190 Å². The van der Waals surface area contributed by atoms with Crippen LogP contribution < -0.4 is 8.92 Å². The molecule has 0 aliphatic carbocycles. The van der Waals surface area contributed by atoms with Gasteiger partial charge in [-0.2, -0.15) is 8.42 Å². The zero-order valence-electron chi connectivity index (χ0n) is 17.9. The van der Waals surface area contributed by atoms with Gasteiger partial charge in [-0.25, -0.2) is 4.79 Å². The number of ether oxygens (including phenoxy) is 3. The molecule has 0 radical (unpaired) electrons. The molecule has 176 valence electrons. The summed E-state index contributed by atoms with van der Waals surface area (Å²) in [6.45, 7) is 3.18. The van der Waals surface area contributed by atoms with Gasteiger partial charge in [0.2, 0.25) is 0 Å². The van der Waals surface area contributed by atoms with Gasteiger partial charge in [0.25, 0.3) is 0 Å². The number of hydrogen-bond donors (Lipinski definition) is 1. The fraction of sp³-hybridized carbons (Fsp3) is 0.450. The van der Waals surface area contributed by atoms with Gasteiger partial charge in [0.15, 0.2) is 11.7 Å². The lowest BCUT2D eigenvalue weighted by atomic mass is 9.95. The molecular formula is C20H23ClO10S. The minimum absolute atomic E-state index is 0.0117. The topological polar surface area (TPSA) is 142 Å². The van der Waals surface area contributed by atoms with E-state index in [4.69, 9.17) is 30.0 Å². The van der Waals surface area contributed by atoms with E-state index in [0.29, 0.717) is 11.1 Å². The highest BCUT2D eigenvalue weighted by molar-refractivity contribution is 7.86. The first kappa shape index (κ1) is 25.5. The molecule has 0 saturated heterocycles. The van der Waals surface area contributed by atoms with E-state index in [0.717, 1.165) is 6.26 Å². The number of fused-ring (bicyclic) bond motifs is 1. The monoisotopic (exact) mass is 490 g/mol. The van der Waals surface area contributed by atoms with Gasteiger partial charge in [-0.1, -0.05) is 17.7 Å². The van der Waals surface area contributed by atoms with Crippen LogP contribution >= 0.6 is 11.6 Å². The Bertz CT molecular complexity index is 1070. The van der Waals surface area contributed by atoms with Crippen molar-refractivity contribution in [2.24, 2.45) is 5.92 Å². The molecule has 32 heavy (non-hydrogen) atoms. The summed E-state index contributed by atoms with van der Waals surface area (Å²) in [5, 5.41) is 9.30. The molecule has 1 aliphatic heterocycles. The molecule has 0 spiro atoms. The van der Waals surface area contributed by atoms with E-state index in [9.17, 15) is 27.9 Å². The first-order valence-electron chi connectivity index (χ1n) is 9.44. The van der Waals surface area contributed by atoms with Crippen LogP contribution in [-0.4, -0.2) is 51.4 Å². The number of carboxylic acids is 1. The van der Waals surface area contributed by atoms with Gasteiger partial charge in [0.1, 0.15) is 17.9 Å². The van der Waals surface area contributed by atoms with E-state index in [1.807, 2.05) is 0 Å². The van der Waals surface area contributed by atoms with Gasteiger partial charge in [-0.15, -0.1) is 0 Å². The van der Waals surface area contributed by atoms with E-state index >= 15 is 0 Å². The molecule has 1 heterocycles. The van der Waals surface area contributed by atoms with Crippen LogP contribution in [-0.2, 0) is 42.2 Å². The molecule has 0 amide bonds. The first-order chi connectivity index (χ1) is 14.9. The maximum atomic E-state index is 12.3. The number of carbonyl (C=O) groups excluding carboxylic acids is 2. The van der Waals surface area contributed by atoms with E-state index in [1.54, 1.807) is 13.8 Å². The van der Waals surface area contributed by atoms with Crippen LogP contribution in [0.3, 0.4) is 0 Å². The lowest BCUT2D eigenvalue weighted by Crippen LogP contribution is -2.26. The third-order valence-electron chi connectivity index (χ3n) is 4.66. The van der Waals surface area contributed by atoms with E-state index in [-0.39, 0.29) is 53.7 Å². The van der Waals surface area contributed by atoms with Gasteiger partial charge in [-0.3, -0.25) is 9.59 Å². The quantitative estimate of drug-likeness (QED) is 0.295. The highest BCUT2D eigenvalue weighted by atomic mass is 35.5. The SMILES string of the molecule is CCOC(=O)C(CC(Cl)=CCc1c(OC)c(C)c2c(c1OS(C)(=O)=O)C(=O)OC2)C(=O)O. The van der Waals surface area contributed by atoms with Crippen molar-refractivity contribution in [2.75, 3.05) is 20.0 Å². The van der Waals surface area contributed by atoms with E-state index in [2.05, 4.69) is 0 Å². The van der Waals surface area contributed by atoms with Crippen molar-refractivity contribution in [2.45, 2.75) is 33.3 Å². The van der Waals surface area contributed by atoms with E-state index in [1.165, 1.54) is 13.2 Å². The standard InChI is InChI=1S/C20H23ClO10S/c1-5-29-19(24)13(18(22)23)8-11(21)6-7-12-16(28-3)10(2)14-9-30-20(25)15(14)17(12)31-32(4,26)27/h6,13H,5,7-9H2,1-4H3,(H,22,23). The lowest BCUT2D eigenvalue weighted by Gasteiger charge is -2.18. The fourth-order valence-electron chi connectivity index (χ4n) is 3.26. The average Bonchev–Trinajstić information content (AvgIpc) is 3.07. The normalized spacial score (nSPS) is 14.4. The zero-order chi connectivity index (χ0) is 24.2. The molecular weight excluding hydrogens is 468 g/mol. The molecule has 12 heteroatoms. The lowest BCUT2D eigenvalue weighted by molar-refractivity contribution is -0.158. The Morgan fingerprint density at radius 2 is 1.97 bits per heavy atom. The largest absolute Gasteiger partial charge is 0.496 e. The number of carboxylic acid groups (broad SMARTS) is 1. The fourth-order valence-corrected chi connectivity index (χ4v) is 3.98. The summed E-state index contributed by atoms with van der Waals surface area (Å²) < 4.78 is 44.1. The molecule has 2 rings (SSSR count). The Morgan fingerprint density at radius 3 is 2.50 bits per heavy atom. The predicted molar refractivity (Wildman–Crippen MR) is 112 cm³/mol. The summed E-state index contributed by atoms with van der Waals surface area (Å²) in [5.74, 6) is -4.56. The Balaban J connectivity index is 2.51. The number of methoxy groups -OCH3 is 1. The van der Waals surface area contributed by atoms with Crippen LogP contribution in [0.1, 0.15) is 40.4 Å². The molecule has 1 aromatic carbocycles. The number of cyclic esters (lactones) is 1. The second-order valence-corrected chi connectivity index (χ2v) is 8.95. The molecule has 0 saturated carbocycles. The van der Waals surface area contributed by atoms with Crippen molar-refractivity contribution in [1.29, 1.82) is 0 Å². The second kappa shape index (κ2) is 10.2. The zero-order valence-corrected chi connectivity index (χ0v) is 19.5. The van der Waals surface area contributed by atoms with Gasteiger partial charge in [0, 0.05) is 22.6 Å². The number of rotatable bonds is 10. The number of aliphatic carboxylic acids is 1. The highest BCUT2D eigenvalue weighted by Crippen LogP contribution is 2.43. The third-order valence-corrected chi connectivity index (χ3v) is 5.43. The average molecular weight is 491 g/mol. The van der Waals surface area contributed by atoms with Gasteiger partial charge >= 0.3 is 28.0 Å².